The van der Waals surface area contributed by atoms with Crippen LogP contribution in [0.15, 0.2) is 0 Å². The van der Waals surface area contributed by atoms with Crippen molar-refractivity contribution < 1.29 is 9.59 Å². The van der Waals surface area contributed by atoms with E-state index >= 15 is 0 Å². The van der Waals surface area contributed by atoms with Gasteiger partial charge in [-0.15, -0.1) is 0 Å². The number of nitrogens with two attached hydrogens (primary N) is 1. The molecule has 0 bridgehead atoms. The second-order valence-corrected chi connectivity index (χ2v) is 2.34. The highest BCUT2D eigenvalue weighted by Crippen LogP contribution is 1.80. The van der Waals surface area contributed by atoms with Crippen LogP contribution < -0.4 is 16.4 Å². The molecule has 0 radical (unpaired) electrons. The van der Waals surface area contributed by atoms with E-state index in [4.69, 9.17) is 5.73 Å². The standard InChI is InChI=1S/C7H15N3O2/c1-9-6(4-8)7(12)5-10-2-3-11/h3,6,9-10H,2,4-5,8H2,1H3. The van der Waals surface area contributed by atoms with Crippen LogP contribution in [-0.2, 0) is 9.59 Å². The van der Waals surface area contributed by atoms with Gasteiger partial charge in [-0.3, -0.25) is 4.79 Å². The van der Waals surface area contributed by atoms with Crippen LogP contribution in [0.1, 0.15) is 0 Å². The van der Waals surface area contributed by atoms with Crippen molar-refractivity contribution in [3.8, 4) is 0 Å². The first-order chi connectivity index (χ1) is 5.76. The Balaban J connectivity index is 3.61. The summed E-state index contributed by atoms with van der Waals surface area (Å²) >= 11 is 0. The Bertz CT molecular complexity index is 146. The molecule has 0 aromatic carbocycles. The quantitative estimate of drug-likeness (QED) is 0.303. The Morgan fingerprint density at radius 3 is 2.75 bits per heavy atom. The molecule has 0 aromatic rings. The van der Waals surface area contributed by atoms with Crippen molar-refractivity contribution in [1.29, 1.82) is 0 Å². The van der Waals surface area contributed by atoms with Crippen LogP contribution in [0, 0.1) is 0 Å². The lowest BCUT2D eigenvalue weighted by Crippen LogP contribution is -2.44. The summed E-state index contributed by atoms with van der Waals surface area (Å²) in [6, 6.07) is -0.316. The molecule has 0 spiro atoms. The van der Waals surface area contributed by atoms with Gasteiger partial charge in [-0.05, 0) is 7.05 Å². The molecule has 70 valence electrons. The molecule has 5 heteroatoms. The average Bonchev–Trinajstić information content (AvgIpc) is 2.07. The zero-order valence-electron chi connectivity index (χ0n) is 7.17. The number of nitrogens with one attached hydrogen (secondary N) is 2. The minimum absolute atomic E-state index is 0.0261. The van der Waals surface area contributed by atoms with Crippen molar-refractivity contribution in [2.75, 3.05) is 26.7 Å². The van der Waals surface area contributed by atoms with E-state index in [1.54, 1.807) is 7.05 Å². The number of likely N-dealkylation sites (N-methyl/N-ethyl adjacent to an activating group) is 1. The van der Waals surface area contributed by atoms with Crippen LogP contribution in [-0.4, -0.2) is 44.8 Å². The number of hydrogen-bond donors (Lipinski definition) is 3. The van der Waals surface area contributed by atoms with Gasteiger partial charge < -0.3 is 21.2 Å². The number of carbonyl (C=O) groups excluding carboxylic acids is 2. The first-order valence-electron chi connectivity index (χ1n) is 3.80. The van der Waals surface area contributed by atoms with E-state index in [9.17, 15) is 9.59 Å². The molecule has 4 N–H and O–H groups in total. The van der Waals surface area contributed by atoms with Gasteiger partial charge in [0.25, 0.3) is 0 Å². The minimum atomic E-state index is -0.316. The van der Waals surface area contributed by atoms with E-state index < -0.39 is 0 Å². The molecule has 12 heavy (non-hydrogen) atoms. The SMILES string of the molecule is CNC(CN)C(=O)CNCC=O. The predicted octanol–water partition coefficient (Wildman–Crippen LogP) is -2.11. The Morgan fingerprint density at radius 1 is 1.67 bits per heavy atom. The second kappa shape index (κ2) is 6.90. The van der Waals surface area contributed by atoms with Crippen molar-refractivity contribution in [1.82, 2.24) is 10.6 Å². The van der Waals surface area contributed by atoms with Gasteiger partial charge in [0.1, 0.15) is 6.29 Å². The van der Waals surface area contributed by atoms with Crippen LogP contribution in [0.4, 0.5) is 0 Å². The molecular weight excluding hydrogens is 158 g/mol. The third-order valence-electron chi connectivity index (χ3n) is 1.50. The van der Waals surface area contributed by atoms with Crippen LogP contribution >= 0.6 is 0 Å². The lowest BCUT2D eigenvalue weighted by molar-refractivity contribution is -0.119. The van der Waals surface area contributed by atoms with E-state index in [1.807, 2.05) is 0 Å². The Morgan fingerprint density at radius 2 is 2.33 bits per heavy atom. The number of rotatable bonds is 7. The summed E-state index contributed by atoms with van der Waals surface area (Å²) in [7, 11) is 1.68. The van der Waals surface area contributed by atoms with Gasteiger partial charge in [0, 0.05) is 6.54 Å². The summed E-state index contributed by atoms with van der Waals surface area (Å²) in [5.41, 5.74) is 5.31. The van der Waals surface area contributed by atoms with Gasteiger partial charge in [-0.1, -0.05) is 0 Å². The molecule has 1 unspecified atom stereocenters. The van der Waals surface area contributed by atoms with E-state index in [0.717, 1.165) is 0 Å². The predicted molar refractivity (Wildman–Crippen MR) is 45.8 cm³/mol. The molecule has 0 fully saturated rings. The number of aldehydes is 1. The maximum atomic E-state index is 11.2. The highest BCUT2D eigenvalue weighted by atomic mass is 16.1. The lowest BCUT2D eigenvalue weighted by Gasteiger charge is -2.11. The molecule has 5 nitrogen and oxygen atoms in total. The van der Waals surface area contributed by atoms with Gasteiger partial charge in [0.2, 0.25) is 0 Å². The van der Waals surface area contributed by atoms with E-state index in [1.165, 1.54) is 0 Å². The summed E-state index contributed by atoms with van der Waals surface area (Å²) in [5.74, 6) is -0.0261. The number of carbonyl (C=O) groups is 2. The third kappa shape index (κ3) is 4.17. The molecule has 0 amide bonds. The van der Waals surface area contributed by atoms with Gasteiger partial charge in [0.15, 0.2) is 5.78 Å². The Kier molecular flexibility index (Phi) is 6.45. The monoisotopic (exact) mass is 173 g/mol. The Labute approximate surface area is 71.7 Å². The number of Topliss-reactive ketones (excluding diaryl/α,β-unsaturated/α-hetero) is 1. The Hall–Kier alpha value is -0.780. The summed E-state index contributed by atoms with van der Waals surface area (Å²) < 4.78 is 0. The fraction of sp³-hybridized carbons (Fsp3) is 0.714. The minimum Gasteiger partial charge on any atom is -0.328 e. The summed E-state index contributed by atoms with van der Waals surface area (Å²) in [6.45, 7) is 0.659. The van der Waals surface area contributed by atoms with Crippen molar-refractivity contribution in [3.05, 3.63) is 0 Å². The molecule has 0 rings (SSSR count). The highest BCUT2D eigenvalue weighted by Gasteiger charge is 2.12. The smallest absolute Gasteiger partial charge is 0.164 e. The second-order valence-electron chi connectivity index (χ2n) is 2.34. The normalized spacial score (nSPS) is 12.5. The van der Waals surface area contributed by atoms with E-state index in [0.29, 0.717) is 6.29 Å². The van der Waals surface area contributed by atoms with Gasteiger partial charge >= 0.3 is 0 Å². The maximum absolute atomic E-state index is 11.2. The number of hydrogen-bond acceptors (Lipinski definition) is 5. The average molecular weight is 173 g/mol. The first kappa shape index (κ1) is 11.2. The molecule has 0 saturated heterocycles. The first-order valence-corrected chi connectivity index (χ1v) is 3.80. The third-order valence-corrected chi connectivity index (χ3v) is 1.50. The molecule has 0 aromatic heterocycles. The summed E-state index contributed by atoms with van der Waals surface area (Å²) in [5, 5.41) is 5.45. The zero-order chi connectivity index (χ0) is 9.40. The van der Waals surface area contributed by atoms with Crippen molar-refractivity contribution >= 4 is 12.1 Å². The van der Waals surface area contributed by atoms with Gasteiger partial charge in [-0.2, -0.15) is 0 Å². The fourth-order valence-electron chi connectivity index (χ4n) is 0.788. The fourth-order valence-corrected chi connectivity index (χ4v) is 0.788. The highest BCUT2D eigenvalue weighted by molar-refractivity contribution is 5.86. The van der Waals surface area contributed by atoms with Crippen LogP contribution in [0.25, 0.3) is 0 Å². The maximum Gasteiger partial charge on any atom is 0.164 e. The van der Waals surface area contributed by atoms with Crippen molar-refractivity contribution in [2.24, 2.45) is 5.73 Å². The zero-order valence-corrected chi connectivity index (χ0v) is 7.17. The van der Waals surface area contributed by atoms with E-state index in [2.05, 4.69) is 10.6 Å². The summed E-state index contributed by atoms with van der Waals surface area (Å²) in [6.07, 6.45) is 0.712. The molecule has 0 aliphatic carbocycles. The van der Waals surface area contributed by atoms with Crippen LogP contribution in [0.3, 0.4) is 0 Å². The van der Waals surface area contributed by atoms with E-state index in [-0.39, 0.29) is 31.5 Å². The molecule has 0 aliphatic rings. The molecule has 1 atom stereocenters. The van der Waals surface area contributed by atoms with Crippen LogP contribution in [0.5, 0.6) is 0 Å². The largest absolute Gasteiger partial charge is 0.328 e. The molecule has 0 saturated carbocycles. The van der Waals surface area contributed by atoms with Gasteiger partial charge in [-0.25, -0.2) is 0 Å². The van der Waals surface area contributed by atoms with Crippen LogP contribution in [0.2, 0.25) is 0 Å². The van der Waals surface area contributed by atoms with Crippen molar-refractivity contribution in [2.45, 2.75) is 6.04 Å². The van der Waals surface area contributed by atoms with Gasteiger partial charge in [0.05, 0.1) is 19.1 Å². The topological polar surface area (TPSA) is 84.2 Å². The molecule has 0 heterocycles. The summed E-state index contributed by atoms with van der Waals surface area (Å²) in [4.78, 5) is 21.0. The molecular formula is C7H15N3O2. The molecule has 0 aliphatic heterocycles. The lowest BCUT2D eigenvalue weighted by atomic mass is 10.2. The van der Waals surface area contributed by atoms with Crippen molar-refractivity contribution in [3.63, 3.8) is 0 Å². The number of ketones is 1.